The summed E-state index contributed by atoms with van der Waals surface area (Å²) in [4.78, 5) is 51.8. The van der Waals surface area contributed by atoms with E-state index < -0.39 is 41.5 Å². The highest BCUT2D eigenvalue weighted by Crippen LogP contribution is 2.36. The van der Waals surface area contributed by atoms with Crippen molar-refractivity contribution in [3.8, 4) is 0 Å². The molecule has 3 heterocycles. The first-order valence-corrected chi connectivity index (χ1v) is 14.2. The zero-order valence-corrected chi connectivity index (χ0v) is 25.4. The molecule has 1 aromatic heterocycles. The summed E-state index contributed by atoms with van der Waals surface area (Å²) < 4.78 is 90.7. The summed E-state index contributed by atoms with van der Waals surface area (Å²) in [5, 5.41) is 21.1. The van der Waals surface area contributed by atoms with Crippen LogP contribution in [0.3, 0.4) is 0 Å². The van der Waals surface area contributed by atoms with Crippen LogP contribution in [0.2, 0.25) is 0 Å². The Balaban J connectivity index is 0.000000392. The number of amides is 2. The van der Waals surface area contributed by atoms with Crippen LogP contribution in [-0.4, -0.2) is 94.1 Å². The quantitative estimate of drug-likeness (QED) is 0.284. The Morgan fingerprint density at radius 1 is 0.939 bits per heavy atom. The predicted octanol–water partition coefficient (Wildman–Crippen LogP) is 4.33. The van der Waals surface area contributed by atoms with Crippen molar-refractivity contribution >= 4 is 40.3 Å². The van der Waals surface area contributed by atoms with Crippen molar-refractivity contribution in [1.29, 1.82) is 0 Å². The molecule has 0 saturated carbocycles. The van der Waals surface area contributed by atoms with E-state index in [0.717, 1.165) is 23.0 Å². The topological polar surface area (TPSA) is 152 Å². The van der Waals surface area contributed by atoms with Gasteiger partial charge in [-0.25, -0.2) is 18.4 Å². The molecule has 0 bridgehead atoms. The molecule has 0 aliphatic carbocycles. The number of anilines is 1. The van der Waals surface area contributed by atoms with Gasteiger partial charge >= 0.3 is 24.3 Å². The molecule has 2 amide bonds. The number of para-hydroxylation sites is 1. The number of nitrogens with zero attached hydrogens (tertiary/aromatic N) is 3. The molecule has 2 aromatic carbocycles. The number of aromatic nitrogens is 1. The standard InChI is InChI=1S/C26H27F2N5O2.2C2HF3O2/c1-17(31-24(34)19-12-18-4-2-3-5-23(18)29-14-19)15-32-10-8-26(9-11-32)25(35)30-16-33(26)20-6-7-21(27)22(28)13-20;2*3-2(4,5)1(6)7/h2-7,12-14,17H,8-11,15-16H2,1H3,(H,30,35)(H,31,34);2*(H,6,7)/t17-;;/m0../s1. The minimum absolute atomic E-state index is 0.0907. The molecule has 2 aliphatic rings. The third-order valence-electron chi connectivity index (χ3n) is 7.48. The largest absolute Gasteiger partial charge is 0.490 e. The molecule has 5 rings (SSSR count). The Labute approximate surface area is 272 Å². The number of alkyl halides is 6. The van der Waals surface area contributed by atoms with E-state index in [2.05, 4.69) is 20.5 Å². The number of fused-ring (bicyclic) bond motifs is 1. The first-order chi connectivity index (χ1) is 22.7. The van der Waals surface area contributed by atoms with Gasteiger partial charge in [-0.1, -0.05) is 18.2 Å². The van der Waals surface area contributed by atoms with Crippen molar-refractivity contribution in [1.82, 2.24) is 20.5 Å². The fraction of sp³-hybridized carbons (Fsp3) is 0.367. The molecular formula is C30H29F8N5O6. The van der Waals surface area contributed by atoms with Gasteiger partial charge in [-0.2, -0.15) is 26.3 Å². The molecule has 4 N–H and O–H groups in total. The monoisotopic (exact) mass is 707 g/mol. The van der Waals surface area contributed by atoms with Crippen LogP contribution in [0.25, 0.3) is 10.9 Å². The smallest absolute Gasteiger partial charge is 0.475 e. The molecule has 0 radical (unpaired) electrons. The fourth-order valence-electron chi connectivity index (χ4n) is 5.12. The number of pyridine rings is 1. The number of rotatable bonds is 5. The van der Waals surface area contributed by atoms with E-state index in [9.17, 15) is 44.7 Å². The van der Waals surface area contributed by atoms with Crippen molar-refractivity contribution in [3.63, 3.8) is 0 Å². The van der Waals surface area contributed by atoms with Crippen LogP contribution < -0.4 is 15.5 Å². The molecule has 2 aliphatic heterocycles. The number of carbonyl (C=O) groups excluding carboxylic acids is 2. The van der Waals surface area contributed by atoms with Crippen LogP contribution in [0.1, 0.15) is 30.1 Å². The molecule has 11 nitrogen and oxygen atoms in total. The maximum absolute atomic E-state index is 13.8. The molecule has 2 fully saturated rings. The normalized spacial score (nSPS) is 16.5. The van der Waals surface area contributed by atoms with Crippen molar-refractivity contribution in [3.05, 3.63) is 71.9 Å². The van der Waals surface area contributed by atoms with Gasteiger partial charge in [-0.3, -0.25) is 14.6 Å². The van der Waals surface area contributed by atoms with Crippen molar-refractivity contribution in [2.24, 2.45) is 0 Å². The van der Waals surface area contributed by atoms with Gasteiger partial charge in [0.05, 0.1) is 17.7 Å². The van der Waals surface area contributed by atoms with Crippen LogP contribution in [0.5, 0.6) is 0 Å². The third-order valence-corrected chi connectivity index (χ3v) is 7.48. The average Bonchev–Trinajstić information content (AvgIpc) is 3.33. The number of halogens is 8. The van der Waals surface area contributed by atoms with Gasteiger partial charge in [0.2, 0.25) is 5.91 Å². The second-order valence-electron chi connectivity index (χ2n) is 10.9. The molecule has 2 saturated heterocycles. The van der Waals surface area contributed by atoms with Crippen LogP contribution in [0.15, 0.2) is 54.7 Å². The molecule has 0 unspecified atom stereocenters. The summed E-state index contributed by atoms with van der Waals surface area (Å²) in [6.07, 6.45) is -7.49. The summed E-state index contributed by atoms with van der Waals surface area (Å²) in [5.41, 5.74) is 1.05. The zero-order valence-electron chi connectivity index (χ0n) is 25.4. The van der Waals surface area contributed by atoms with Crippen molar-refractivity contribution in [2.75, 3.05) is 31.2 Å². The van der Waals surface area contributed by atoms with Crippen LogP contribution in [0.4, 0.5) is 40.8 Å². The number of likely N-dealkylation sites (tertiary alicyclic amines) is 1. The second kappa shape index (κ2) is 15.4. The van der Waals surface area contributed by atoms with Gasteiger partial charge < -0.3 is 30.6 Å². The first-order valence-electron chi connectivity index (χ1n) is 14.2. The van der Waals surface area contributed by atoms with E-state index in [1.165, 1.54) is 6.07 Å². The summed E-state index contributed by atoms with van der Waals surface area (Å²) in [7, 11) is 0. The summed E-state index contributed by atoms with van der Waals surface area (Å²) in [5.74, 6) is -7.62. The molecule has 266 valence electrons. The summed E-state index contributed by atoms with van der Waals surface area (Å²) in [6, 6.07) is 13.1. The highest BCUT2D eigenvalue weighted by atomic mass is 19.4. The molecular weight excluding hydrogens is 678 g/mol. The lowest BCUT2D eigenvalue weighted by Gasteiger charge is -2.43. The third kappa shape index (κ3) is 9.97. The minimum atomic E-state index is -5.08. The highest BCUT2D eigenvalue weighted by Gasteiger charge is 2.50. The average molecular weight is 708 g/mol. The second-order valence-corrected chi connectivity index (χ2v) is 10.9. The van der Waals surface area contributed by atoms with Gasteiger partial charge in [-0.15, -0.1) is 0 Å². The number of carboxylic acids is 2. The van der Waals surface area contributed by atoms with Crippen LogP contribution >= 0.6 is 0 Å². The number of hydrogen-bond acceptors (Lipinski definition) is 7. The maximum Gasteiger partial charge on any atom is 0.490 e. The molecule has 3 aromatic rings. The van der Waals surface area contributed by atoms with Crippen molar-refractivity contribution < 1.29 is 64.5 Å². The van der Waals surface area contributed by atoms with E-state index in [4.69, 9.17) is 19.8 Å². The van der Waals surface area contributed by atoms with Gasteiger partial charge in [-0.05, 0) is 44.0 Å². The van der Waals surface area contributed by atoms with Crippen LogP contribution in [-0.2, 0) is 14.4 Å². The number of piperidine rings is 1. The maximum atomic E-state index is 13.8. The van der Waals surface area contributed by atoms with E-state index >= 15 is 0 Å². The minimum Gasteiger partial charge on any atom is -0.475 e. The first kappa shape index (κ1) is 38.4. The molecule has 19 heteroatoms. The number of hydrogen-bond donors (Lipinski definition) is 4. The lowest BCUT2D eigenvalue weighted by molar-refractivity contribution is -0.193. The van der Waals surface area contributed by atoms with Gasteiger partial charge in [0.25, 0.3) is 5.91 Å². The number of carbonyl (C=O) groups is 4. The van der Waals surface area contributed by atoms with Gasteiger partial charge in [0.1, 0.15) is 5.54 Å². The number of benzene rings is 2. The lowest BCUT2D eigenvalue weighted by atomic mass is 9.85. The zero-order chi connectivity index (χ0) is 36.7. The van der Waals surface area contributed by atoms with Gasteiger partial charge in [0.15, 0.2) is 11.6 Å². The lowest BCUT2D eigenvalue weighted by Crippen LogP contribution is -2.57. The SMILES string of the molecule is C[C@@H](CN1CCC2(CC1)C(=O)NCN2c1ccc(F)c(F)c1)NC(=O)c1cnc2ccccc2c1.O=C(O)C(F)(F)F.O=C(O)C(F)(F)F. The molecule has 1 spiro atoms. The number of nitrogens with one attached hydrogen (secondary N) is 2. The van der Waals surface area contributed by atoms with E-state index in [0.29, 0.717) is 43.7 Å². The number of carboxylic acid groups (broad SMARTS) is 2. The Bertz CT molecular complexity index is 1650. The Kier molecular flexibility index (Phi) is 12.1. The van der Waals surface area contributed by atoms with E-state index in [1.54, 1.807) is 6.20 Å². The Hall–Kier alpha value is -5.07. The predicted molar refractivity (Wildman–Crippen MR) is 156 cm³/mol. The van der Waals surface area contributed by atoms with E-state index in [-0.39, 0.29) is 24.5 Å². The summed E-state index contributed by atoms with van der Waals surface area (Å²) >= 11 is 0. The van der Waals surface area contributed by atoms with Gasteiger partial charge in [0, 0.05) is 49.0 Å². The molecule has 1 atom stereocenters. The Morgan fingerprint density at radius 3 is 2.06 bits per heavy atom. The highest BCUT2D eigenvalue weighted by molar-refractivity contribution is 5.97. The summed E-state index contributed by atoms with van der Waals surface area (Å²) in [6.45, 7) is 4.13. The fourth-order valence-corrected chi connectivity index (χ4v) is 5.12. The number of aliphatic carboxylic acids is 2. The molecule has 49 heavy (non-hydrogen) atoms. The van der Waals surface area contributed by atoms with Crippen LogP contribution in [0, 0.1) is 11.6 Å². The van der Waals surface area contributed by atoms with Crippen molar-refractivity contribution in [2.45, 2.75) is 43.7 Å². The van der Waals surface area contributed by atoms with E-state index in [1.807, 2.05) is 42.2 Å². The Morgan fingerprint density at radius 2 is 1.51 bits per heavy atom.